The van der Waals surface area contributed by atoms with Crippen molar-refractivity contribution >= 4 is 12.0 Å². The SMILES string of the molecule is COc1cc(C=O)ccc1OCC(O)CON=C1c2ccccc2-c2ccccc21. The van der Waals surface area contributed by atoms with Crippen LogP contribution in [0.3, 0.4) is 0 Å². The van der Waals surface area contributed by atoms with Gasteiger partial charge in [-0.2, -0.15) is 0 Å². The number of carbonyl (C=O) groups is 1. The van der Waals surface area contributed by atoms with E-state index in [1.54, 1.807) is 18.2 Å². The summed E-state index contributed by atoms with van der Waals surface area (Å²) in [5.74, 6) is 0.860. The molecule has 6 nitrogen and oxygen atoms in total. The molecule has 1 aliphatic carbocycles. The Kier molecular flexibility index (Phi) is 5.77. The van der Waals surface area contributed by atoms with Crippen LogP contribution in [-0.2, 0) is 4.84 Å². The zero-order chi connectivity index (χ0) is 20.9. The Labute approximate surface area is 174 Å². The van der Waals surface area contributed by atoms with Crippen LogP contribution in [0.15, 0.2) is 71.9 Å². The Balaban J connectivity index is 1.40. The van der Waals surface area contributed by atoms with Gasteiger partial charge in [-0.25, -0.2) is 0 Å². The predicted molar refractivity (Wildman–Crippen MR) is 113 cm³/mol. The topological polar surface area (TPSA) is 77.4 Å². The van der Waals surface area contributed by atoms with Gasteiger partial charge in [-0.3, -0.25) is 4.79 Å². The average Bonchev–Trinajstić information content (AvgIpc) is 3.11. The maximum absolute atomic E-state index is 10.9. The highest BCUT2D eigenvalue weighted by atomic mass is 16.6. The lowest BCUT2D eigenvalue weighted by Crippen LogP contribution is -2.23. The van der Waals surface area contributed by atoms with Crippen molar-refractivity contribution in [3.05, 3.63) is 83.4 Å². The smallest absolute Gasteiger partial charge is 0.161 e. The van der Waals surface area contributed by atoms with Gasteiger partial charge in [0.05, 0.1) is 7.11 Å². The zero-order valence-electron chi connectivity index (χ0n) is 16.4. The number of aliphatic hydroxyl groups excluding tert-OH is 1. The van der Waals surface area contributed by atoms with Gasteiger partial charge in [0.25, 0.3) is 0 Å². The van der Waals surface area contributed by atoms with E-state index >= 15 is 0 Å². The molecule has 0 radical (unpaired) electrons. The van der Waals surface area contributed by atoms with E-state index in [4.69, 9.17) is 14.3 Å². The Morgan fingerprint density at radius 1 is 0.900 bits per heavy atom. The van der Waals surface area contributed by atoms with Gasteiger partial charge in [0, 0.05) is 16.7 Å². The first-order chi connectivity index (χ1) is 14.7. The molecule has 6 heteroatoms. The van der Waals surface area contributed by atoms with Gasteiger partial charge >= 0.3 is 0 Å². The van der Waals surface area contributed by atoms with Crippen molar-refractivity contribution in [2.24, 2.45) is 5.16 Å². The summed E-state index contributed by atoms with van der Waals surface area (Å²) >= 11 is 0. The summed E-state index contributed by atoms with van der Waals surface area (Å²) < 4.78 is 10.8. The number of aliphatic hydroxyl groups is 1. The molecule has 0 fully saturated rings. The number of oxime groups is 1. The predicted octanol–water partition coefficient (Wildman–Crippen LogP) is 3.70. The lowest BCUT2D eigenvalue weighted by atomic mass is 10.1. The molecule has 1 unspecified atom stereocenters. The molecule has 0 heterocycles. The first-order valence-electron chi connectivity index (χ1n) is 9.54. The number of carbonyl (C=O) groups excluding carboxylic acids is 1. The molecule has 3 aromatic rings. The zero-order valence-corrected chi connectivity index (χ0v) is 16.4. The number of hydrogen-bond donors (Lipinski definition) is 1. The van der Waals surface area contributed by atoms with Gasteiger partial charge in [-0.15, -0.1) is 0 Å². The number of ether oxygens (including phenoxy) is 2. The number of hydrogen-bond acceptors (Lipinski definition) is 6. The number of methoxy groups -OCH3 is 1. The fourth-order valence-corrected chi connectivity index (χ4v) is 3.39. The van der Waals surface area contributed by atoms with E-state index in [2.05, 4.69) is 17.3 Å². The Morgan fingerprint density at radius 3 is 2.13 bits per heavy atom. The minimum atomic E-state index is -0.892. The van der Waals surface area contributed by atoms with E-state index in [9.17, 15) is 9.90 Å². The van der Waals surface area contributed by atoms with Crippen LogP contribution in [0, 0.1) is 0 Å². The molecule has 3 aromatic carbocycles. The molecule has 0 aromatic heterocycles. The van der Waals surface area contributed by atoms with Crippen LogP contribution in [0.4, 0.5) is 0 Å². The largest absolute Gasteiger partial charge is 0.493 e. The number of nitrogens with zero attached hydrogens (tertiary/aromatic N) is 1. The van der Waals surface area contributed by atoms with Crippen molar-refractivity contribution in [2.75, 3.05) is 20.3 Å². The highest BCUT2D eigenvalue weighted by molar-refractivity contribution is 6.24. The Morgan fingerprint density at radius 2 is 1.53 bits per heavy atom. The molecule has 1 aliphatic rings. The molecule has 0 saturated carbocycles. The Hall–Kier alpha value is -3.64. The van der Waals surface area contributed by atoms with Crippen molar-refractivity contribution in [1.82, 2.24) is 0 Å². The van der Waals surface area contributed by atoms with Crippen LogP contribution in [0.25, 0.3) is 11.1 Å². The number of fused-ring (bicyclic) bond motifs is 3. The van der Waals surface area contributed by atoms with E-state index < -0.39 is 6.10 Å². The third kappa shape index (κ3) is 3.90. The third-order valence-electron chi connectivity index (χ3n) is 4.83. The average molecular weight is 403 g/mol. The van der Waals surface area contributed by atoms with Crippen molar-refractivity contribution in [3.8, 4) is 22.6 Å². The molecular formula is C24H21NO5. The summed E-state index contributed by atoms with van der Waals surface area (Å²) in [7, 11) is 1.49. The minimum absolute atomic E-state index is 0.00514. The molecule has 4 rings (SSSR count). The highest BCUT2D eigenvalue weighted by Crippen LogP contribution is 2.36. The van der Waals surface area contributed by atoms with Crippen LogP contribution >= 0.6 is 0 Å². The fourth-order valence-electron chi connectivity index (χ4n) is 3.39. The van der Waals surface area contributed by atoms with Crippen LogP contribution < -0.4 is 9.47 Å². The van der Waals surface area contributed by atoms with E-state index in [1.807, 2.05) is 36.4 Å². The second-order valence-corrected chi connectivity index (χ2v) is 6.82. The summed E-state index contributed by atoms with van der Waals surface area (Å²) in [4.78, 5) is 16.3. The van der Waals surface area contributed by atoms with Gasteiger partial charge < -0.3 is 19.4 Å². The molecule has 0 spiro atoms. The summed E-state index contributed by atoms with van der Waals surface area (Å²) in [6, 6.07) is 20.9. The van der Waals surface area contributed by atoms with Crippen molar-refractivity contribution in [3.63, 3.8) is 0 Å². The lowest BCUT2D eigenvalue weighted by Gasteiger charge is -2.14. The van der Waals surface area contributed by atoms with Crippen LogP contribution in [-0.4, -0.2) is 43.5 Å². The number of aldehydes is 1. The molecule has 1 N–H and O–H groups in total. The molecule has 0 amide bonds. The second kappa shape index (κ2) is 8.80. The van der Waals surface area contributed by atoms with E-state index in [-0.39, 0.29) is 13.2 Å². The normalized spacial score (nSPS) is 12.5. The van der Waals surface area contributed by atoms with E-state index in [0.717, 1.165) is 34.3 Å². The lowest BCUT2D eigenvalue weighted by molar-refractivity contribution is 0.0140. The third-order valence-corrected chi connectivity index (χ3v) is 4.83. The van der Waals surface area contributed by atoms with Crippen molar-refractivity contribution < 1.29 is 24.2 Å². The van der Waals surface area contributed by atoms with Crippen LogP contribution in [0.5, 0.6) is 11.5 Å². The first-order valence-corrected chi connectivity index (χ1v) is 9.54. The van der Waals surface area contributed by atoms with Crippen LogP contribution in [0.1, 0.15) is 21.5 Å². The van der Waals surface area contributed by atoms with Gasteiger partial charge in [-0.05, 0) is 29.3 Å². The van der Waals surface area contributed by atoms with E-state index in [0.29, 0.717) is 17.1 Å². The summed E-state index contributed by atoms with van der Waals surface area (Å²) in [5.41, 5.74) is 5.47. The minimum Gasteiger partial charge on any atom is -0.493 e. The quantitative estimate of drug-likeness (QED) is 0.359. The van der Waals surface area contributed by atoms with Gasteiger partial charge in [0.2, 0.25) is 0 Å². The molecule has 0 aliphatic heterocycles. The molecule has 0 bridgehead atoms. The fraction of sp³-hybridized carbons (Fsp3) is 0.167. The highest BCUT2D eigenvalue weighted by Gasteiger charge is 2.24. The molecule has 1 atom stereocenters. The number of benzene rings is 3. The molecular weight excluding hydrogens is 382 g/mol. The second-order valence-electron chi connectivity index (χ2n) is 6.82. The maximum atomic E-state index is 10.9. The standard InChI is InChI=1S/C24H21NO5/c1-28-23-12-16(13-26)10-11-22(23)29-14-17(27)15-30-25-24-20-8-4-2-6-18(20)19-7-3-5-9-21(19)24/h2-13,17,27H,14-15H2,1H3. The summed E-state index contributed by atoms with van der Waals surface area (Å²) in [6.45, 7) is -0.0304. The summed E-state index contributed by atoms with van der Waals surface area (Å²) in [5, 5.41) is 14.5. The van der Waals surface area contributed by atoms with Gasteiger partial charge in [0.1, 0.15) is 31.3 Å². The number of rotatable bonds is 8. The Bertz CT molecular complexity index is 1040. The molecule has 30 heavy (non-hydrogen) atoms. The van der Waals surface area contributed by atoms with Gasteiger partial charge in [-0.1, -0.05) is 53.7 Å². The van der Waals surface area contributed by atoms with Crippen molar-refractivity contribution in [2.45, 2.75) is 6.10 Å². The first kappa shape index (κ1) is 19.7. The monoisotopic (exact) mass is 403 g/mol. The van der Waals surface area contributed by atoms with Gasteiger partial charge in [0.15, 0.2) is 11.5 Å². The molecule has 152 valence electrons. The van der Waals surface area contributed by atoms with Crippen molar-refractivity contribution in [1.29, 1.82) is 0 Å². The van der Waals surface area contributed by atoms with E-state index in [1.165, 1.54) is 7.11 Å². The summed E-state index contributed by atoms with van der Waals surface area (Å²) in [6.07, 6.45) is -0.162. The maximum Gasteiger partial charge on any atom is 0.161 e. The molecule has 0 saturated heterocycles. The van der Waals surface area contributed by atoms with Crippen LogP contribution in [0.2, 0.25) is 0 Å².